The van der Waals surface area contributed by atoms with Crippen LogP contribution in [0.25, 0.3) is 0 Å². The fourth-order valence-corrected chi connectivity index (χ4v) is 6.75. The first-order chi connectivity index (χ1) is 20.2. The van der Waals surface area contributed by atoms with E-state index in [9.17, 15) is 23.5 Å². The number of benzene rings is 1. The number of nitrogens with one attached hydrogen (secondary N) is 1. The molecule has 0 spiro atoms. The summed E-state index contributed by atoms with van der Waals surface area (Å²) in [6, 6.07) is -0.901. The Hall–Kier alpha value is -3.07. The van der Waals surface area contributed by atoms with Crippen LogP contribution in [0.3, 0.4) is 0 Å². The van der Waals surface area contributed by atoms with Crippen LogP contribution in [0.2, 0.25) is 5.02 Å². The molecule has 0 aliphatic carbocycles. The number of esters is 1. The van der Waals surface area contributed by atoms with Gasteiger partial charge in [0.05, 0.1) is 35.7 Å². The van der Waals surface area contributed by atoms with Crippen LogP contribution in [0, 0.1) is 17.0 Å². The molecule has 2 N–H and O–H groups in total. The SMILES string of the molecule is COC(=O)C1=C(CN2CC(F)(F)C3C2CCN3CCC(C)(C)C(=O)O)NC(c2nccs2)=NC1c1ccc(F)c(F)c1Cl. The predicted molar refractivity (Wildman–Crippen MR) is 151 cm³/mol. The smallest absolute Gasteiger partial charge is 0.338 e. The van der Waals surface area contributed by atoms with E-state index in [0.717, 1.165) is 13.2 Å². The molecular formula is C28H30ClF4N5O4S. The number of rotatable bonds is 9. The van der Waals surface area contributed by atoms with Crippen molar-refractivity contribution < 1.29 is 37.0 Å². The number of aromatic nitrogens is 1. The summed E-state index contributed by atoms with van der Waals surface area (Å²) in [5, 5.41) is 14.1. The Bertz CT molecular complexity index is 1490. The lowest BCUT2D eigenvalue weighted by atomic mass is 9.89. The molecule has 4 heterocycles. The quantitative estimate of drug-likeness (QED) is 0.234. The van der Waals surface area contributed by atoms with E-state index in [1.165, 1.54) is 23.6 Å². The molecule has 15 heteroatoms. The van der Waals surface area contributed by atoms with Crippen LogP contribution in [0.15, 0.2) is 40.0 Å². The molecule has 2 fully saturated rings. The van der Waals surface area contributed by atoms with Gasteiger partial charge in [-0.05, 0) is 39.3 Å². The summed E-state index contributed by atoms with van der Waals surface area (Å²) in [6.45, 7) is 2.92. The van der Waals surface area contributed by atoms with E-state index in [4.69, 9.17) is 16.3 Å². The van der Waals surface area contributed by atoms with Gasteiger partial charge in [-0.25, -0.2) is 27.3 Å². The molecule has 0 saturated carbocycles. The van der Waals surface area contributed by atoms with Crippen molar-refractivity contribution in [3.63, 3.8) is 0 Å². The number of alkyl halides is 2. The van der Waals surface area contributed by atoms with Gasteiger partial charge in [0.15, 0.2) is 22.5 Å². The van der Waals surface area contributed by atoms with Crippen LogP contribution >= 0.6 is 22.9 Å². The Balaban J connectivity index is 1.51. The fourth-order valence-electron chi connectivity index (χ4n) is 5.90. The average Bonchev–Trinajstić information content (AvgIpc) is 3.69. The number of aliphatic imine (C=N–C) groups is 1. The van der Waals surface area contributed by atoms with Gasteiger partial charge < -0.3 is 15.2 Å². The molecule has 2 saturated heterocycles. The Morgan fingerprint density at radius 1 is 1.28 bits per heavy atom. The molecule has 0 amide bonds. The van der Waals surface area contributed by atoms with Gasteiger partial charge in [-0.2, -0.15) is 0 Å². The van der Waals surface area contributed by atoms with Crippen molar-refractivity contribution in [2.24, 2.45) is 10.4 Å². The summed E-state index contributed by atoms with van der Waals surface area (Å²) >= 11 is 7.43. The summed E-state index contributed by atoms with van der Waals surface area (Å²) in [6.07, 6.45) is 2.14. The van der Waals surface area contributed by atoms with Gasteiger partial charge in [-0.3, -0.25) is 19.6 Å². The molecule has 3 atom stereocenters. The number of fused-ring (bicyclic) bond motifs is 1. The van der Waals surface area contributed by atoms with E-state index in [-0.39, 0.29) is 42.2 Å². The standard InChI is InChI=1S/C28H30ClF4N5O4S/c1-27(2,26(40)41)7-10-37-9-6-17-22(37)28(32,33)13-38(17)12-16-18(25(39)42-3)21(14-4-5-15(30)20(31)19(14)29)36-23(35-16)24-34-8-11-43-24/h4-5,8,11,17,21-22H,6-7,9-10,12-13H2,1-3H3,(H,35,36)(H,40,41). The third-order valence-corrected chi connectivity index (χ3v) is 9.44. The van der Waals surface area contributed by atoms with Crippen LogP contribution < -0.4 is 5.32 Å². The molecule has 3 aliphatic rings. The van der Waals surface area contributed by atoms with Crippen LogP contribution in [0.5, 0.6) is 0 Å². The number of carboxylic acids is 1. The highest BCUT2D eigenvalue weighted by molar-refractivity contribution is 7.11. The number of thiazole rings is 1. The minimum absolute atomic E-state index is 0.00765. The maximum Gasteiger partial charge on any atom is 0.338 e. The highest BCUT2D eigenvalue weighted by Crippen LogP contribution is 2.44. The molecule has 3 unspecified atom stereocenters. The zero-order chi connectivity index (χ0) is 31.3. The van der Waals surface area contributed by atoms with Gasteiger partial charge in [0.25, 0.3) is 5.92 Å². The minimum atomic E-state index is -3.12. The number of carboxylic acid groups (broad SMARTS) is 1. The number of ether oxygens (including phenoxy) is 1. The van der Waals surface area contributed by atoms with Crippen LogP contribution in [0.1, 0.15) is 43.3 Å². The van der Waals surface area contributed by atoms with Crippen molar-refractivity contribution in [1.82, 2.24) is 20.1 Å². The van der Waals surface area contributed by atoms with Gasteiger partial charge in [-0.15, -0.1) is 11.3 Å². The van der Waals surface area contributed by atoms with Gasteiger partial charge in [-0.1, -0.05) is 17.7 Å². The van der Waals surface area contributed by atoms with Gasteiger partial charge in [0.2, 0.25) is 0 Å². The summed E-state index contributed by atoms with van der Waals surface area (Å²) < 4.78 is 64.7. The van der Waals surface area contributed by atoms with E-state index in [1.807, 2.05) is 0 Å². The summed E-state index contributed by atoms with van der Waals surface area (Å²) in [4.78, 5) is 36.8. The second kappa shape index (κ2) is 11.8. The molecule has 5 rings (SSSR count). The van der Waals surface area contributed by atoms with Crippen LogP contribution in [-0.4, -0.2) is 89.0 Å². The molecular weight excluding hydrogens is 614 g/mol. The maximum atomic E-state index is 15.6. The first-order valence-corrected chi connectivity index (χ1v) is 14.8. The van der Waals surface area contributed by atoms with E-state index >= 15 is 8.78 Å². The largest absolute Gasteiger partial charge is 0.481 e. The average molecular weight is 644 g/mol. The molecule has 3 aliphatic heterocycles. The number of likely N-dealkylation sites (tertiary alicyclic amines) is 2. The van der Waals surface area contributed by atoms with E-state index < -0.39 is 64.6 Å². The molecule has 0 radical (unpaired) electrons. The third-order valence-electron chi connectivity index (χ3n) is 8.28. The number of hydrogen-bond donors (Lipinski definition) is 2. The molecule has 1 aromatic heterocycles. The Morgan fingerprint density at radius 2 is 2.02 bits per heavy atom. The van der Waals surface area contributed by atoms with Crippen LogP contribution in [0.4, 0.5) is 17.6 Å². The first kappa shape index (κ1) is 31.4. The van der Waals surface area contributed by atoms with E-state index in [1.54, 1.807) is 29.0 Å². The van der Waals surface area contributed by atoms with Crippen LogP contribution in [-0.2, 0) is 14.3 Å². The summed E-state index contributed by atoms with van der Waals surface area (Å²) in [7, 11) is 1.14. The number of nitrogens with zero attached hydrogens (tertiary/aromatic N) is 4. The van der Waals surface area contributed by atoms with Crippen molar-refractivity contribution in [2.75, 3.05) is 33.3 Å². The lowest BCUT2D eigenvalue weighted by molar-refractivity contribution is -0.147. The topological polar surface area (TPSA) is 107 Å². The van der Waals surface area contributed by atoms with Crippen molar-refractivity contribution in [3.05, 3.63) is 62.2 Å². The second-order valence-corrected chi connectivity index (χ2v) is 12.7. The lowest BCUT2D eigenvalue weighted by Crippen LogP contribution is -2.46. The fraction of sp³-hybridized carbons (Fsp3) is 0.500. The minimum Gasteiger partial charge on any atom is -0.481 e. The lowest BCUT2D eigenvalue weighted by Gasteiger charge is -2.31. The Morgan fingerprint density at radius 3 is 2.67 bits per heavy atom. The van der Waals surface area contributed by atoms with Crippen molar-refractivity contribution in [2.45, 2.75) is 50.7 Å². The van der Waals surface area contributed by atoms with Crippen molar-refractivity contribution >= 4 is 40.7 Å². The Labute approximate surface area is 254 Å². The molecule has 9 nitrogen and oxygen atoms in total. The number of carbonyl (C=O) groups is 2. The number of carbonyl (C=O) groups excluding carboxylic acids is 1. The highest BCUT2D eigenvalue weighted by Gasteiger charge is 2.59. The number of methoxy groups -OCH3 is 1. The highest BCUT2D eigenvalue weighted by atomic mass is 35.5. The Kier molecular flexibility index (Phi) is 8.60. The second-order valence-electron chi connectivity index (χ2n) is 11.4. The number of halogens is 5. The zero-order valence-electron chi connectivity index (χ0n) is 23.5. The van der Waals surface area contributed by atoms with E-state index in [0.29, 0.717) is 18.0 Å². The molecule has 2 aromatic rings. The number of hydrogen-bond acceptors (Lipinski definition) is 9. The molecule has 232 valence electrons. The predicted octanol–water partition coefficient (Wildman–Crippen LogP) is 4.49. The normalized spacial score (nSPS) is 24.1. The summed E-state index contributed by atoms with van der Waals surface area (Å²) in [5.41, 5.74) is -0.966. The maximum absolute atomic E-state index is 15.6. The summed E-state index contributed by atoms with van der Waals surface area (Å²) in [5.74, 6) is -7.25. The number of aliphatic carboxylic acids is 1. The van der Waals surface area contributed by atoms with Gasteiger partial charge in [0, 0.05) is 42.0 Å². The monoisotopic (exact) mass is 643 g/mol. The van der Waals surface area contributed by atoms with Gasteiger partial charge in [0.1, 0.15) is 6.04 Å². The van der Waals surface area contributed by atoms with Crippen molar-refractivity contribution in [1.29, 1.82) is 0 Å². The first-order valence-electron chi connectivity index (χ1n) is 13.5. The zero-order valence-corrected chi connectivity index (χ0v) is 25.1. The number of amidine groups is 1. The molecule has 43 heavy (non-hydrogen) atoms. The molecule has 1 aromatic carbocycles. The third kappa shape index (κ3) is 5.89. The molecule has 0 bridgehead atoms. The van der Waals surface area contributed by atoms with Crippen molar-refractivity contribution in [3.8, 4) is 0 Å². The van der Waals surface area contributed by atoms with E-state index in [2.05, 4.69) is 15.3 Å². The van der Waals surface area contributed by atoms with Gasteiger partial charge >= 0.3 is 11.9 Å².